The van der Waals surface area contributed by atoms with Crippen LogP contribution in [0.25, 0.3) is 15.9 Å². The summed E-state index contributed by atoms with van der Waals surface area (Å²) >= 11 is 1.56. The monoisotopic (exact) mass is 361 g/mol. The van der Waals surface area contributed by atoms with Gasteiger partial charge in [-0.2, -0.15) is 0 Å². The van der Waals surface area contributed by atoms with Crippen LogP contribution in [0.2, 0.25) is 0 Å². The van der Waals surface area contributed by atoms with Gasteiger partial charge >= 0.3 is 11.5 Å². The number of rotatable bonds is 3. The topological polar surface area (TPSA) is 109 Å². The van der Waals surface area contributed by atoms with Gasteiger partial charge in [-0.25, -0.2) is 9.78 Å². The van der Waals surface area contributed by atoms with Crippen LogP contribution in [0.5, 0.6) is 0 Å². The van der Waals surface area contributed by atoms with Crippen LogP contribution in [-0.4, -0.2) is 31.7 Å². The minimum absolute atomic E-state index is 0.0776. The lowest BCUT2D eigenvalue weighted by Crippen LogP contribution is -2.36. The number of thiophene rings is 1. The van der Waals surface area contributed by atoms with E-state index in [4.69, 9.17) is 9.84 Å². The number of carboxylic acid groups (broad SMARTS) is 1. The Morgan fingerprint density at radius 1 is 1.52 bits per heavy atom. The number of fused-ring (bicyclic) bond motifs is 5. The van der Waals surface area contributed by atoms with Gasteiger partial charge in [0.2, 0.25) is 4.83 Å². The van der Waals surface area contributed by atoms with Crippen molar-refractivity contribution in [3.63, 3.8) is 0 Å². The molecule has 0 saturated carbocycles. The maximum absolute atomic E-state index is 12.3. The van der Waals surface area contributed by atoms with Crippen molar-refractivity contribution in [1.82, 2.24) is 15.1 Å². The highest BCUT2D eigenvalue weighted by molar-refractivity contribution is 7.19. The maximum Gasteiger partial charge on any atom is 0.329 e. The summed E-state index contributed by atoms with van der Waals surface area (Å²) in [5, 5.41) is 14.0. The van der Waals surface area contributed by atoms with E-state index >= 15 is 0 Å². The summed E-state index contributed by atoms with van der Waals surface area (Å²) in [6, 6.07) is 0. The predicted molar refractivity (Wildman–Crippen MR) is 89.7 cm³/mol. The summed E-state index contributed by atoms with van der Waals surface area (Å²) in [7, 11) is 0. The molecular formula is C16H17N4O4S+. The highest BCUT2D eigenvalue weighted by Crippen LogP contribution is 2.38. The Bertz CT molecular complexity index is 1070. The highest BCUT2D eigenvalue weighted by atomic mass is 32.1. The quantitative estimate of drug-likeness (QED) is 0.673. The molecule has 0 fully saturated rings. The Hall–Kier alpha value is -2.39. The van der Waals surface area contributed by atoms with Gasteiger partial charge in [-0.1, -0.05) is 4.98 Å². The fraction of sp³-hybridized carbons (Fsp3) is 0.438. The first-order valence-electron chi connectivity index (χ1n) is 7.94. The molecule has 0 bridgehead atoms. The molecule has 2 N–H and O–H groups in total. The number of aromatic amines is 1. The number of aryl methyl sites for hydroxylation is 1. The minimum Gasteiger partial charge on any atom is -0.481 e. The summed E-state index contributed by atoms with van der Waals surface area (Å²) in [6.45, 7) is 4.61. The lowest BCUT2D eigenvalue weighted by Gasteiger charge is -2.29. The van der Waals surface area contributed by atoms with Gasteiger partial charge in [-0.15, -0.1) is 21.0 Å². The summed E-state index contributed by atoms with van der Waals surface area (Å²) in [4.78, 5) is 32.4. The fourth-order valence-electron chi connectivity index (χ4n) is 3.09. The molecule has 0 aromatic carbocycles. The van der Waals surface area contributed by atoms with E-state index in [1.54, 1.807) is 17.7 Å². The van der Waals surface area contributed by atoms with Crippen molar-refractivity contribution in [2.45, 2.75) is 45.3 Å². The van der Waals surface area contributed by atoms with Crippen molar-refractivity contribution in [3.05, 3.63) is 32.8 Å². The molecule has 0 spiro atoms. The van der Waals surface area contributed by atoms with Gasteiger partial charge in [0.05, 0.1) is 18.6 Å². The summed E-state index contributed by atoms with van der Waals surface area (Å²) in [5.41, 5.74) is 1.28. The minimum atomic E-state index is -0.964. The fourth-order valence-corrected chi connectivity index (χ4v) is 4.16. The van der Waals surface area contributed by atoms with Crippen LogP contribution in [0.4, 0.5) is 0 Å². The van der Waals surface area contributed by atoms with Crippen LogP contribution in [0, 0.1) is 0 Å². The van der Waals surface area contributed by atoms with Gasteiger partial charge < -0.3 is 9.84 Å². The van der Waals surface area contributed by atoms with Crippen LogP contribution < -0.4 is 10.1 Å². The average molecular weight is 361 g/mol. The van der Waals surface area contributed by atoms with E-state index in [2.05, 4.69) is 15.1 Å². The molecule has 3 aromatic heterocycles. The van der Waals surface area contributed by atoms with Crippen LogP contribution in [-0.2, 0) is 29.0 Å². The Morgan fingerprint density at radius 2 is 2.32 bits per heavy atom. The van der Waals surface area contributed by atoms with Crippen molar-refractivity contribution < 1.29 is 19.2 Å². The second-order valence-corrected chi connectivity index (χ2v) is 7.83. The third kappa shape index (κ3) is 2.79. The largest absolute Gasteiger partial charge is 0.481 e. The average Bonchev–Trinajstić information content (AvgIpc) is 2.89. The molecule has 9 heteroatoms. The number of nitrogens with one attached hydrogen (secondary N) is 1. The molecule has 4 rings (SSSR count). The normalized spacial score (nSPS) is 16.2. The van der Waals surface area contributed by atoms with E-state index < -0.39 is 5.97 Å². The number of ether oxygens (including phenoxy) is 1. The number of nitrogens with zero attached hydrogens (tertiary/aromatic N) is 3. The molecule has 3 aromatic rings. The number of carbonyl (C=O) groups is 1. The van der Waals surface area contributed by atoms with Gasteiger partial charge in [-0.05, 0) is 19.4 Å². The lowest BCUT2D eigenvalue weighted by atomic mass is 9.94. The molecule has 1 aliphatic heterocycles. The van der Waals surface area contributed by atoms with Crippen molar-refractivity contribution in [1.29, 1.82) is 0 Å². The molecular weight excluding hydrogens is 344 g/mol. The summed E-state index contributed by atoms with van der Waals surface area (Å²) in [6.07, 6.45) is 2.21. The zero-order valence-electron chi connectivity index (χ0n) is 13.8. The van der Waals surface area contributed by atoms with E-state index in [9.17, 15) is 9.59 Å². The first-order valence-corrected chi connectivity index (χ1v) is 8.75. The zero-order valence-corrected chi connectivity index (χ0v) is 14.6. The van der Waals surface area contributed by atoms with Crippen molar-refractivity contribution in [2.24, 2.45) is 0 Å². The number of H-pyrrole nitrogens is 1. The third-order valence-corrected chi connectivity index (χ3v) is 5.43. The smallest absolute Gasteiger partial charge is 0.329 e. The molecule has 0 amide bonds. The van der Waals surface area contributed by atoms with Crippen LogP contribution >= 0.6 is 11.3 Å². The van der Waals surface area contributed by atoms with Crippen LogP contribution in [0.3, 0.4) is 0 Å². The number of carboxylic acids is 1. The second kappa shape index (κ2) is 5.57. The van der Waals surface area contributed by atoms with Crippen molar-refractivity contribution >= 4 is 33.2 Å². The van der Waals surface area contributed by atoms with Crippen LogP contribution in [0.1, 0.15) is 36.4 Å². The van der Waals surface area contributed by atoms with E-state index in [0.717, 1.165) is 27.1 Å². The van der Waals surface area contributed by atoms with E-state index in [1.807, 2.05) is 13.8 Å². The number of hydrogen-bond acceptors (Lipinski definition) is 6. The third-order valence-electron chi connectivity index (χ3n) is 4.32. The molecule has 4 heterocycles. The maximum atomic E-state index is 12.3. The number of aliphatic carboxylic acids is 1. The number of aromatic nitrogens is 4. The molecule has 0 radical (unpaired) electrons. The van der Waals surface area contributed by atoms with Gasteiger partial charge in [0.25, 0.3) is 12.0 Å². The van der Waals surface area contributed by atoms with E-state index in [-0.39, 0.29) is 29.7 Å². The Morgan fingerprint density at radius 3 is 3.08 bits per heavy atom. The SMILES string of the molecule is CC1(C)Cc2c(sc3nc[n+]4nc(CCC(=O)O)c(=O)[nH]c4c23)CO1. The summed E-state index contributed by atoms with van der Waals surface area (Å²) in [5.74, 6) is -0.964. The van der Waals surface area contributed by atoms with Crippen molar-refractivity contribution in [3.8, 4) is 0 Å². The first kappa shape index (κ1) is 16.1. The zero-order chi connectivity index (χ0) is 17.8. The lowest BCUT2D eigenvalue weighted by molar-refractivity contribution is -0.586. The highest BCUT2D eigenvalue weighted by Gasteiger charge is 2.32. The van der Waals surface area contributed by atoms with Gasteiger partial charge in [0.15, 0.2) is 5.69 Å². The van der Waals surface area contributed by atoms with Crippen LogP contribution in [0.15, 0.2) is 11.1 Å². The van der Waals surface area contributed by atoms with Gasteiger partial charge in [-0.3, -0.25) is 4.79 Å². The molecule has 0 saturated heterocycles. The molecule has 0 atom stereocenters. The molecule has 8 nitrogen and oxygen atoms in total. The molecule has 0 unspecified atom stereocenters. The van der Waals surface area contributed by atoms with E-state index in [1.165, 1.54) is 4.52 Å². The number of hydrogen-bond donors (Lipinski definition) is 2. The molecule has 1 aliphatic rings. The Kier molecular flexibility index (Phi) is 3.58. The Labute approximate surface area is 146 Å². The van der Waals surface area contributed by atoms with Gasteiger partial charge in [0.1, 0.15) is 5.39 Å². The first-order chi connectivity index (χ1) is 11.8. The standard InChI is InChI=1S/C16H16N4O4S/c1-16(2)5-8-10(6-24-16)25-15-12(8)13-18-14(23)9(3-4-11(21)22)19-20(13)7-17-15/h7H,3-6H2,1-2H3,(H,21,22)/p+1. The molecule has 0 aliphatic carbocycles. The second-order valence-electron chi connectivity index (χ2n) is 6.74. The predicted octanol–water partition coefficient (Wildman–Crippen LogP) is 0.987. The van der Waals surface area contributed by atoms with Gasteiger partial charge in [0, 0.05) is 17.7 Å². The molecule has 130 valence electrons. The van der Waals surface area contributed by atoms with Crippen molar-refractivity contribution in [2.75, 3.05) is 0 Å². The summed E-state index contributed by atoms with van der Waals surface area (Å²) < 4.78 is 7.39. The Balaban J connectivity index is 1.92. The molecule has 25 heavy (non-hydrogen) atoms. The van der Waals surface area contributed by atoms with E-state index in [0.29, 0.717) is 12.3 Å².